The van der Waals surface area contributed by atoms with Crippen molar-refractivity contribution in [3.05, 3.63) is 30.3 Å². The van der Waals surface area contributed by atoms with Crippen molar-refractivity contribution in [2.45, 2.75) is 37.9 Å². The summed E-state index contributed by atoms with van der Waals surface area (Å²) in [5, 5.41) is 0. The fourth-order valence-electron chi connectivity index (χ4n) is 7.93. The Morgan fingerprint density at radius 2 is 1.44 bits per heavy atom. The van der Waals surface area contributed by atoms with E-state index in [1.54, 1.807) is 0 Å². The van der Waals surface area contributed by atoms with Crippen LogP contribution in [0.2, 0.25) is 0 Å². The molecule has 1 spiro atoms. The minimum absolute atomic E-state index is 0.00191. The Morgan fingerprint density at radius 3 is 1.96 bits per heavy atom. The highest BCUT2D eigenvalue weighted by Gasteiger charge is 2.79. The number of hydrogen-bond donors (Lipinski definition) is 0. The number of nitrogens with zero attached hydrogens (tertiary/aromatic N) is 1. The molecule has 8 atom stereocenters. The summed E-state index contributed by atoms with van der Waals surface area (Å²) in [6.45, 7) is 0. The molecule has 0 N–H and O–H groups in total. The number of carbonyl (C=O) groups is 2. The molecule has 4 nitrogen and oxygen atoms in total. The van der Waals surface area contributed by atoms with Gasteiger partial charge in [-0.15, -0.1) is 0 Å². The Kier molecular flexibility index (Phi) is 2.17. The quantitative estimate of drug-likeness (QED) is 0.741. The molecule has 2 amide bonds. The first kappa shape index (κ1) is 13.5. The Bertz CT molecular complexity index is 772. The van der Waals surface area contributed by atoms with Crippen LogP contribution >= 0.6 is 0 Å². The molecule has 4 bridgehead atoms. The molecule has 3 heterocycles. The molecule has 3 aliphatic carbocycles. The summed E-state index contributed by atoms with van der Waals surface area (Å²) in [5.41, 5.74) is 1.30. The highest BCUT2D eigenvalue weighted by molar-refractivity contribution is 6.22. The first-order chi connectivity index (χ1) is 12.2. The Labute approximate surface area is 146 Å². The molecule has 3 saturated heterocycles. The molecule has 6 fully saturated rings. The van der Waals surface area contributed by atoms with Gasteiger partial charge in [-0.2, -0.15) is 0 Å². The molecule has 3 aliphatic heterocycles. The van der Waals surface area contributed by atoms with Gasteiger partial charge in [-0.05, 0) is 66.9 Å². The molecule has 6 aliphatic rings. The van der Waals surface area contributed by atoms with E-state index in [-0.39, 0.29) is 35.9 Å². The zero-order chi connectivity index (χ0) is 16.5. The van der Waals surface area contributed by atoms with Gasteiger partial charge in [0.15, 0.2) is 0 Å². The average molecular weight is 335 g/mol. The number of ether oxygens (including phenoxy) is 1. The van der Waals surface area contributed by atoms with Crippen LogP contribution in [-0.4, -0.2) is 24.0 Å². The average Bonchev–Trinajstić information content (AvgIpc) is 2.88. The topological polar surface area (TPSA) is 46.6 Å². The molecule has 128 valence electrons. The minimum atomic E-state index is -0.228. The largest absolute Gasteiger partial charge is 0.373 e. The first-order valence-electron chi connectivity index (χ1n) is 9.81. The lowest BCUT2D eigenvalue weighted by Gasteiger charge is -2.35. The summed E-state index contributed by atoms with van der Waals surface area (Å²) in [6.07, 6.45) is 5.39. The normalized spacial score (nSPS) is 50.0. The number of anilines is 1. The number of imide groups is 1. The Morgan fingerprint density at radius 1 is 0.880 bits per heavy atom. The maximum atomic E-state index is 13.2. The van der Waals surface area contributed by atoms with Gasteiger partial charge in [0.05, 0.1) is 29.7 Å². The van der Waals surface area contributed by atoms with Crippen LogP contribution in [0.15, 0.2) is 30.3 Å². The SMILES string of the molecule is O=C1[C@@H]2[C@H]3O[C@@H]([C@@H]2C(=O)N1c1ccccc1)[C@H]1[C@@H]3[C@H]2CC[C@H]1C21CC1. The smallest absolute Gasteiger partial charge is 0.240 e. The predicted molar refractivity (Wildman–Crippen MR) is 89.4 cm³/mol. The standard InChI is InChI=1S/C21H21NO3/c23-19-15-16(20(24)22(19)10-4-2-1-3-5-10)18-14-12-7-6-11(21(12)8-9-21)13(14)17(15)25-18/h1-5,11-18H,6-9H2/t11-,12-,13-,14+,15-,16+,17-,18+/m1/s1. The number of benzene rings is 1. The maximum absolute atomic E-state index is 13.2. The second-order valence-electron chi connectivity index (χ2n) is 9.14. The molecule has 3 saturated carbocycles. The first-order valence-corrected chi connectivity index (χ1v) is 9.81. The van der Waals surface area contributed by atoms with Crippen LogP contribution in [0.3, 0.4) is 0 Å². The van der Waals surface area contributed by atoms with Crippen LogP contribution in [0.4, 0.5) is 5.69 Å². The molecule has 25 heavy (non-hydrogen) atoms. The van der Waals surface area contributed by atoms with Crippen molar-refractivity contribution >= 4 is 17.5 Å². The van der Waals surface area contributed by atoms with E-state index in [1.165, 1.54) is 30.6 Å². The van der Waals surface area contributed by atoms with Gasteiger partial charge < -0.3 is 4.74 Å². The van der Waals surface area contributed by atoms with E-state index >= 15 is 0 Å². The summed E-state index contributed by atoms with van der Waals surface area (Å²) in [5.74, 6) is 2.11. The number of para-hydroxylation sites is 1. The third kappa shape index (κ3) is 1.30. The molecule has 1 aromatic rings. The zero-order valence-corrected chi connectivity index (χ0v) is 14.0. The number of amides is 2. The van der Waals surface area contributed by atoms with Crippen molar-refractivity contribution in [1.29, 1.82) is 0 Å². The predicted octanol–water partition coefficient (Wildman–Crippen LogP) is 2.63. The molecule has 0 unspecified atom stereocenters. The summed E-state index contributed by atoms with van der Waals surface area (Å²) < 4.78 is 6.36. The van der Waals surface area contributed by atoms with E-state index in [9.17, 15) is 9.59 Å². The second kappa shape index (κ2) is 4.01. The number of fused-ring (bicyclic) bond motifs is 10. The van der Waals surface area contributed by atoms with Gasteiger partial charge >= 0.3 is 0 Å². The van der Waals surface area contributed by atoms with Crippen LogP contribution in [0.5, 0.6) is 0 Å². The molecule has 1 aromatic carbocycles. The fourth-order valence-corrected chi connectivity index (χ4v) is 7.93. The Balaban J connectivity index is 1.31. The van der Waals surface area contributed by atoms with Crippen molar-refractivity contribution in [2.75, 3.05) is 4.90 Å². The third-order valence-corrected chi connectivity index (χ3v) is 8.66. The number of rotatable bonds is 1. The molecule has 7 rings (SSSR count). The van der Waals surface area contributed by atoms with Crippen LogP contribution < -0.4 is 4.90 Å². The van der Waals surface area contributed by atoms with Gasteiger partial charge in [0, 0.05) is 0 Å². The van der Waals surface area contributed by atoms with Crippen LogP contribution in [0, 0.1) is 40.9 Å². The monoisotopic (exact) mass is 335 g/mol. The van der Waals surface area contributed by atoms with Gasteiger partial charge in [0.1, 0.15) is 0 Å². The lowest BCUT2D eigenvalue weighted by atomic mass is 9.64. The van der Waals surface area contributed by atoms with Crippen molar-refractivity contribution < 1.29 is 14.3 Å². The summed E-state index contributed by atoms with van der Waals surface area (Å²) in [4.78, 5) is 27.8. The third-order valence-electron chi connectivity index (χ3n) is 8.66. The van der Waals surface area contributed by atoms with Gasteiger partial charge in [0.25, 0.3) is 0 Å². The van der Waals surface area contributed by atoms with Crippen LogP contribution in [0.1, 0.15) is 25.7 Å². The van der Waals surface area contributed by atoms with Crippen molar-refractivity contribution in [3.8, 4) is 0 Å². The van der Waals surface area contributed by atoms with Gasteiger partial charge in [-0.1, -0.05) is 18.2 Å². The summed E-state index contributed by atoms with van der Waals surface area (Å²) in [6, 6.07) is 9.42. The van der Waals surface area contributed by atoms with Gasteiger partial charge in [-0.3, -0.25) is 9.59 Å². The molecule has 0 aromatic heterocycles. The molecule has 0 radical (unpaired) electrons. The maximum Gasteiger partial charge on any atom is 0.240 e. The Hall–Kier alpha value is -1.68. The van der Waals surface area contributed by atoms with Crippen molar-refractivity contribution in [2.24, 2.45) is 40.9 Å². The summed E-state index contributed by atoms with van der Waals surface area (Å²) >= 11 is 0. The van der Waals surface area contributed by atoms with Gasteiger partial charge in [0.2, 0.25) is 11.8 Å². The zero-order valence-electron chi connectivity index (χ0n) is 14.0. The molecular weight excluding hydrogens is 314 g/mol. The van der Waals surface area contributed by atoms with E-state index in [0.717, 1.165) is 17.5 Å². The van der Waals surface area contributed by atoms with Gasteiger partial charge in [-0.25, -0.2) is 4.90 Å². The number of hydrogen-bond acceptors (Lipinski definition) is 3. The fraction of sp³-hybridized carbons (Fsp3) is 0.619. The van der Waals surface area contributed by atoms with Crippen LogP contribution in [0.25, 0.3) is 0 Å². The molecule has 4 heteroatoms. The highest BCUT2D eigenvalue weighted by atomic mass is 16.5. The summed E-state index contributed by atoms with van der Waals surface area (Å²) in [7, 11) is 0. The highest BCUT2D eigenvalue weighted by Crippen LogP contribution is 2.79. The minimum Gasteiger partial charge on any atom is -0.373 e. The van der Waals surface area contributed by atoms with Crippen LogP contribution in [-0.2, 0) is 14.3 Å². The van der Waals surface area contributed by atoms with E-state index < -0.39 is 0 Å². The molecular formula is C21H21NO3. The van der Waals surface area contributed by atoms with Crippen molar-refractivity contribution in [3.63, 3.8) is 0 Å². The van der Waals surface area contributed by atoms with E-state index in [4.69, 9.17) is 4.74 Å². The van der Waals surface area contributed by atoms with E-state index in [0.29, 0.717) is 17.3 Å². The van der Waals surface area contributed by atoms with Crippen molar-refractivity contribution in [1.82, 2.24) is 0 Å². The lowest BCUT2D eigenvalue weighted by Crippen LogP contribution is -2.43. The van der Waals surface area contributed by atoms with E-state index in [2.05, 4.69) is 0 Å². The van der Waals surface area contributed by atoms with E-state index in [1.807, 2.05) is 30.3 Å². The lowest BCUT2D eigenvalue weighted by molar-refractivity contribution is -0.125. The second-order valence-corrected chi connectivity index (χ2v) is 9.14. The number of carbonyl (C=O) groups excluding carboxylic acids is 2.